The lowest BCUT2D eigenvalue weighted by molar-refractivity contribution is 0.00578. The predicted octanol–water partition coefficient (Wildman–Crippen LogP) is 2.15. The molecule has 1 atom stereocenters. The third kappa shape index (κ3) is 2.96. The van der Waals surface area contributed by atoms with Crippen molar-refractivity contribution in [1.82, 2.24) is 0 Å². The lowest BCUT2D eigenvalue weighted by Gasteiger charge is -2.32. The largest absolute Gasteiger partial charge is 0.494 e. The Morgan fingerprint density at radius 1 is 1.05 bits per heavy atom. The van der Waals surface area contributed by atoms with Crippen molar-refractivity contribution in [3.63, 3.8) is 0 Å². The maximum absolute atomic E-state index is 6.04. The van der Waals surface area contributed by atoms with Crippen LogP contribution in [-0.2, 0) is 14.0 Å². The third-order valence-corrected chi connectivity index (χ3v) is 4.60. The summed E-state index contributed by atoms with van der Waals surface area (Å²) in [6.07, 6.45) is 1.13. The summed E-state index contributed by atoms with van der Waals surface area (Å²) < 4.78 is 23.3. The van der Waals surface area contributed by atoms with Gasteiger partial charge in [-0.1, -0.05) is 12.1 Å². The van der Waals surface area contributed by atoms with E-state index in [0.717, 1.165) is 24.2 Å². The molecule has 2 heterocycles. The molecule has 0 unspecified atom stereocenters. The zero-order valence-corrected chi connectivity index (χ0v) is 13.2. The van der Waals surface area contributed by atoms with Crippen molar-refractivity contribution in [2.75, 3.05) is 13.2 Å². The van der Waals surface area contributed by atoms with Crippen LogP contribution < -0.4 is 10.2 Å². The molecule has 0 N–H and O–H groups in total. The summed E-state index contributed by atoms with van der Waals surface area (Å²) in [6.45, 7) is 9.71. The minimum Gasteiger partial charge on any atom is -0.488 e. The van der Waals surface area contributed by atoms with Gasteiger partial charge < -0.3 is 18.8 Å². The maximum Gasteiger partial charge on any atom is 0.494 e. The van der Waals surface area contributed by atoms with Gasteiger partial charge in [0.2, 0.25) is 0 Å². The van der Waals surface area contributed by atoms with Crippen LogP contribution in [0, 0.1) is 0 Å². The highest BCUT2D eigenvalue weighted by atomic mass is 16.7. The van der Waals surface area contributed by atoms with Gasteiger partial charge in [0, 0.05) is 6.42 Å². The molecular formula is C16H23BO4. The highest BCUT2D eigenvalue weighted by Gasteiger charge is 2.51. The standard InChI is InChI=1S/C16H23BO4/c1-15(2)16(3,4)21-17(20-15)12-5-7-13(8-6-12)19-14-9-10-18-11-14/h5-8,14H,9-11H2,1-4H3/t14-/m0/s1. The fourth-order valence-corrected chi connectivity index (χ4v) is 2.48. The summed E-state index contributed by atoms with van der Waals surface area (Å²) >= 11 is 0. The van der Waals surface area contributed by atoms with Crippen molar-refractivity contribution in [2.24, 2.45) is 0 Å². The number of benzene rings is 1. The van der Waals surface area contributed by atoms with Gasteiger partial charge >= 0.3 is 7.12 Å². The lowest BCUT2D eigenvalue weighted by atomic mass is 9.79. The van der Waals surface area contributed by atoms with Crippen LogP contribution in [-0.4, -0.2) is 37.6 Å². The second-order valence-corrected chi connectivity index (χ2v) is 6.76. The molecule has 1 aromatic carbocycles. The van der Waals surface area contributed by atoms with E-state index in [1.807, 2.05) is 24.3 Å². The Morgan fingerprint density at radius 3 is 2.19 bits per heavy atom. The Bertz CT molecular complexity index is 476. The summed E-state index contributed by atoms with van der Waals surface area (Å²) in [6, 6.07) is 7.96. The van der Waals surface area contributed by atoms with Gasteiger partial charge in [0.1, 0.15) is 11.9 Å². The first kappa shape index (κ1) is 14.9. The van der Waals surface area contributed by atoms with Crippen LogP contribution in [0.5, 0.6) is 5.75 Å². The van der Waals surface area contributed by atoms with Crippen LogP contribution in [0.2, 0.25) is 0 Å². The molecule has 2 saturated heterocycles. The maximum atomic E-state index is 6.04. The zero-order valence-electron chi connectivity index (χ0n) is 13.2. The van der Waals surface area contributed by atoms with Crippen molar-refractivity contribution in [2.45, 2.75) is 51.4 Å². The van der Waals surface area contributed by atoms with E-state index in [1.54, 1.807) is 0 Å². The van der Waals surface area contributed by atoms with E-state index < -0.39 is 0 Å². The van der Waals surface area contributed by atoms with Crippen molar-refractivity contribution in [1.29, 1.82) is 0 Å². The Hall–Kier alpha value is -1.04. The third-order valence-electron chi connectivity index (χ3n) is 4.60. The Balaban J connectivity index is 1.67. The van der Waals surface area contributed by atoms with Crippen molar-refractivity contribution >= 4 is 12.6 Å². The predicted molar refractivity (Wildman–Crippen MR) is 82.0 cm³/mol. The zero-order chi connectivity index (χ0) is 15.1. The molecule has 21 heavy (non-hydrogen) atoms. The normalized spacial score (nSPS) is 27.0. The van der Waals surface area contributed by atoms with Gasteiger partial charge in [-0.15, -0.1) is 0 Å². The fraction of sp³-hybridized carbons (Fsp3) is 0.625. The second kappa shape index (κ2) is 5.31. The molecule has 0 saturated carbocycles. The van der Waals surface area contributed by atoms with E-state index in [0.29, 0.717) is 6.61 Å². The molecule has 2 aliphatic rings. The van der Waals surface area contributed by atoms with Crippen LogP contribution in [0.4, 0.5) is 0 Å². The van der Waals surface area contributed by atoms with E-state index in [-0.39, 0.29) is 24.4 Å². The molecule has 0 aliphatic carbocycles. The van der Waals surface area contributed by atoms with Crippen molar-refractivity contribution < 1.29 is 18.8 Å². The average molecular weight is 290 g/mol. The summed E-state index contributed by atoms with van der Waals surface area (Å²) in [7, 11) is -0.320. The van der Waals surface area contributed by atoms with Crippen LogP contribution in [0.1, 0.15) is 34.1 Å². The number of hydrogen-bond acceptors (Lipinski definition) is 4. The first-order valence-electron chi connectivity index (χ1n) is 7.57. The van der Waals surface area contributed by atoms with Crippen LogP contribution in [0.15, 0.2) is 24.3 Å². The SMILES string of the molecule is CC1(C)OB(c2ccc(O[C@H]3CCOC3)cc2)OC1(C)C. The number of ether oxygens (including phenoxy) is 2. The quantitative estimate of drug-likeness (QED) is 0.799. The number of hydrogen-bond donors (Lipinski definition) is 0. The van der Waals surface area contributed by atoms with Gasteiger partial charge in [-0.2, -0.15) is 0 Å². The molecule has 0 radical (unpaired) electrons. The monoisotopic (exact) mass is 290 g/mol. The molecule has 1 aromatic rings. The summed E-state index contributed by atoms with van der Waals surface area (Å²) in [5, 5.41) is 0. The molecule has 3 rings (SSSR count). The molecule has 0 amide bonds. The summed E-state index contributed by atoms with van der Waals surface area (Å²) in [4.78, 5) is 0. The molecule has 0 spiro atoms. The molecule has 2 fully saturated rings. The van der Waals surface area contributed by atoms with E-state index in [2.05, 4.69) is 27.7 Å². The van der Waals surface area contributed by atoms with E-state index in [4.69, 9.17) is 18.8 Å². The molecule has 4 nitrogen and oxygen atoms in total. The molecule has 114 valence electrons. The van der Waals surface area contributed by atoms with Gasteiger partial charge in [-0.3, -0.25) is 0 Å². The first-order valence-corrected chi connectivity index (χ1v) is 7.57. The Kier molecular flexibility index (Phi) is 3.76. The average Bonchev–Trinajstić information content (AvgIpc) is 2.97. The van der Waals surface area contributed by atoms with Gasteiger partial charge in [0.05, 0.1) is 24.4 Å². The second-order valence-electron chi connectivity index (χ2n) is 6.76. The molecule has 0 aromatic heterocycles. The van der Waals surface area contributed by atoms with Crippen LogP contribution in [0.3, 0.4) is 0 Å². The summed E-state index contributed by atoms with van der Waals surface area (Å²) in [5.74, 6) is 0.866. The fourth-order valence-electron chi connectivity index (χ4n) is 2.48. The minimum absolute atomic E-state index is 0.174. The molecular weight excluding hydrogens is 267 g/mol. The summed E-state index contributed by atoms with van der Waals surface area (Å²) in [5.41, 5.74) is 0.394. The van der Waals surface area contributed by atoms with Gasteiger partial charge in [-0.25, -0.2) is 0 Å². The first-order chi connectivity index (χ1) is 9.87. The van der Waals surface area contributed by atoms with E-state index in [9.17, 15) is 0 Å². The topological polar surface area (TPSA) is 36.9 Å². The van der Waals surface area contributed by atoms with Gasteiger partial charge in [0.15, 0.2) is 0 Å². The highest BCUT2D eigenvalue weighted by Crippen LogP contribution is 2.36. The van der Waals surface area contributed by atoms with Crippen LogP contribution in [0.25, 0.3) is 0 Å². The van der Waals surface area contributed by atoms with Crippen molar-refractivity contribution in [3.8, 4) is 5.75 Å². The van der Waals surface area contributed by atoms with Gasteiger partial charge in [0.25, 0.3) is 0 Å². The molecule has 2 aliphatic heterocycles. The number of rotatable bonds is 3. The van der Waals surface area contributed by atoms with E-state index in [1.165, 1.54) is 0 Å². The molecule has 5 heteroatoms. The smallest absolute Gasteiger partial charge is 0.488 e. The van der Waals surface area contributed by atoms with Gasteiger partial charge in [-0.05, 0) is 45.3 Å². The van der Waals surface area contributed by atoms with Crippen molar-refractivity contribution in [3.05, 3.63) is 24.3 Å². The molecule has 0 bridgehead atoms. The Labute approximate surface area is 126 Å². The lowest BCUT2D eigenvalue weighted by Crippen LogP contribution is -2.41. The van der Waals surface area contributed by atoms with Crippen LogP contribution >= 0.6 is 0 Å². The highest BCUT2D eigenvalue weighted by molar-refractivity contribution is 6.62. The van der Waals surface area contributed by atoms with E-state index >= 15 is 0 Å². The Morgan fingerprint density at radius 2 is 1.67 bits per heavy atom. The minimum atomic E-state index is -0.320.